The van der Waals surface area contributed by atoms with Gasteiger partial charge in [-0.2, -0.15) is 0 Å². The van der Waals surface area contributed by atoms with E-state index in [-0.39, 0.29) is 0 Å². The fourth-order valence-electron chi connectivity index (χ4n) is 4.31. The lowest BCUT2D eigenvalue weighted by Crippen LogP contribution is -2.16. The van der Waals surface area contributed by atoms with Crippen molar-refractivity contribution in [3.8, 4) is 0 Å². The van der Waals surface area contributed by atoms with E-state index >= 15 is 0 Å². The largest absolute Gasteiger partial charge is 0.375 e. The van der Waals surface area contributed by atoms with Crippen molar-refractivity contribution in [2.24, 2.45) is 5.92 Å². The molecule has 1 heterocycles. The summed E-state index contributed by atoms with van der Waals surface area (Å²) in [7, 11) is 0. The van der Waals surface area contributed by atoms with Crippen LogP contribution in [0.5, 0.6) is 0 Å². The summed E-state index contributed by atoms with van der Waals surface area (Å²) in [5.41, 5.74) is 0. The van der Waals surface area contributed by atoms with Gasteiger partial charge in [0.2, 0.25) is 0 Å². The van der Waals surface area contributed by atoms with Crippen molar-refractivity contribution in [2.45, 2.75) is 122 Å². The van der Waals surface area contributed by atoms with Gasteiger partial charge in [-0.25, -0.2) is 0 Å². The Morgan fingerprint density at radius 3 is 2.14 bits per heavy atom. The molecule has 124 valence electrons. The Bertz CT molecular complexity index is 230. The third kappa shape index (κ3) is 6.72. The Hall–Kier alpha value is -0.0400. The van der Waals surface area contributed by atoms with E-state index in [0.29, 0.717) is 12.2 Å². The van der Waals surface area contributed by atoms with Crippen molar-refractivity contribution in [3.63, 3.8) is 0 Å². The molecule has 1 aliphatic carbocycles. The van der Waals surface area contributed by atoms with Crippen LogP contribution in [0.2, 0.25) is 0 Å². The van der Waals surface area contributed by atoms with Crippen LogP contribution in [-0.2, 0) is 4.74 Å². The van der Waals surface area contributed by atoms with E-state index in [1.54, 1.807) is 0 Å². The molecular weight excluding hydrogens is 256 g/mol. The third-order valence-electron chi connectivity index (χ3n) is 5.65. The smallest absolute Gasteiger partial charge is 0.0608 e. The number of ether oxygens (including phenoxy) is 1. The van der Waals surface area contributed by atoms with Gasteiger partial charge in [-0.3, -0.25) is 0 Å². The molecule has 1 aliphatic heterocycles. The van der Waals surface area contributed by atoms with Gasteiger partial charge in [0.25, 0.3) is 0 Å². The lowest BCUT2D eigenvalue weighted by molar-refractivity contribution is 0.0218. The molecule has 2 fully saturated rings. The first kappa shape index (κ1) is 17.3. The maximum absolute atomic E-state index is 6.45. The number of rotatable bonds is 5. The molecule has 0 aromatic rings. The molecule has 0 aromatic carbocycles. The SMILES string of the molecule is CCCCCCC1CC2CCCCCCCCCCC2O1. The molecule has 3 unspecified atom stereocenters. The highest BCUT2D eigenvalue weighted by Crippen LogP contribution is 2.36. The van der Waals surface area contributed by atoms with Crippen LogP contribution in [0, 0.1) is 5.92 Å². The molecule has 0 N–H and O–H groups in total. The Morgan fingerprint density at radius 1 is 0.762 bits per heavy atom. The Kier molecular flexibility index (Phi) is 8.78. The van der Waals surface area contributed by atoms with E-state index < -0.39 is 0 Å². The minimum atomic E-state index is 0.599. The average Bonchev–Trinajstić information content (AvgIpc) is 2.86. The molecule has 0 bridgehead atoms. The standard InChI is InChI=1S/C20H38O/c1-2-3-4-12-15-19-17-18-14-11-9-7-5-6-8-10-13-16-20(18)21-19/h18-20H,2-17H2,1H3. The highest BCUT2D eigenvalue weighted by molar-refractivity contribution is 4.82. The summed E-state index contributed by atoms with van der Waals surface area (Å²) >= 11 is 0. The van der Waals surface area contributed by atoms with Gasteiger partial charge in [0.05, 0.1) is 12.2 Å². The second-order valence-corrected chi connectivity index (χ2v) is 7.55. The van der Waals surface area contributed by atoms with Gasteiger partial charge in [-0.1, -0.05) is 84.0 Å². The summed E-state index contributed by atoms with van der Waals surface area (Å²) < 4.78 is 6.45. The predicted molar refractivity (Wildman–Crippen MR) is 91.7 cm³/mol. The molecule has 2 aliphatic rings. The second-order valence-electron chi connectivity index (χ2n) is 7.55. The summed E-state index contributed by atoms with van der Waals surface area (Å²) in [5, 5.41) is 0. The van der Waals surface area contributed by atoms with Crippen molar-refractivity contribution in [1.82, 2.24) is 0 Å². The number of hydrogen-bond acceptors (Lipinski definition) is 1. The molecule has 1 saturated carbocycles. The molecule has 3 atom stereocenters. The van der Waals surface area contributed by atoms with Gasteiger partial charge >= 0.3 is 0 Å². The van der Waals surface area contributed by atoms with Crippen LogP contribution in [0.15, 0.2) is 0 Å². The van der Waals surface area contributed by atoms with Gasteiger partial charge in [-0.05, 0) is 31.6 Å². The molecule has 0 spiro atoms. The number of hydrogen-bond donors (Lipinski definition) is 0. The van der Waals surface area contributed by atoms with E-state index in [9.17, 15) is 0 Å². The molecule has 21 heavy (non-hydrogen) atoms. The predicted octanol–water partition coefficient (Wildman–Crippen LogP) is 6.65. The van der Waals surface area contributed by atoms with Crippen LogP contribution in [0.4, 0.5) is 0 Å². The van der Waals surface area contributed by atoms with E-state index in [1.165, 1.54) is 103 Å². The van der Waals surface area contributed by atoms with Gasteiger partial charge in [0, 0.05) is 0 Å². The van der Waals surface area contributed by atoms with Crippen molar-refractivity contribution in [2.75, 3.05) is 0 Å². The average molecular weight is 295 g/mol. The lowest BCUT2D eigenvalue weighted by Gasteiger charge is -2.19. The first-order valence-electron chi connectivity index (χ1n) is 10.1. The van der Waals surface area contributed by atoms with Crippen LogP contribution in [0.3, 0.4) is 0 Å². The fraction of sp³-hybridized carbons (Fsp3) is 1.00. The zero-order chi connectivity index (χ0) is 14.8. The maximum atomic E-state index is 6.45. The van der Waals surface area contributed by atoms with Gasteiger partial charge in [-0.15, -0.1) is 0 Å². The van der Waals surface area contributed by atoms with Gasteiger partial charge < -0.3 is 4.74 Å². The fourth-order valence-corrected chi connectivity index (χ4v) is 4.31. The zero-order valence-corrected chi connectivity index (χ0v) is 14.5. The van der Waals surface area contributed by atoms with Gasteiger partial charge in [0.1, 0.15) is 0 Å². The van der Waals surface area contributed by atoms with Gasteiger partial charge in [0.15, 0.2) is 0 Å². The quantitative estimate of drug-likeness (QED) is 0.516. The molecule has 1 saturated heterocycles. The number of unbranched alkanes of at least 4 members (excludes halogenated alkanes) is 3. The van der Waals surface area contributed by atoms with Crippen molar-refractivity contribution in [3.05, 3.63) is 0 Å². The molecule has 2 rings (SSSR count). The van der Waals surface area contributed by atoms with Crippen LogP contribution in [0.1, 0.15) is 110 Å². The van der Waals surface area contributed by atoms with Crippen LogP contribution in [-0.4, -0.2) is 12.2 Å². The summed E-state index contributed by atoms with van der Waals surface area (Å²) in [4.78, 5) is 0. The van der Waals surface area contributed by atoms with Crippen LogP contribution >= 0.6 is 0 Å². The minimum Gasteiger partial charge on any atom is -0.375 e. The topological polar surface area (TPSA) is 9.23 Å². The first-order chi connectivity index (χ1) is 10.4. The van der Waals surface area contributed by atoms with Crippen molar-refractivity contribution < 1.29 is 4.74 Å². The highest BCUT2D eigenvalue weighted by Gasteiger charge is 2.33. The second kappa shape index (κ2) is 10.6. The lowest BCUT2D eigenvalue weighted by atomic mass is 9.88. The van der Waals surface area contributed by atoms with E-state index in [4.69, 9.17) is 4.74 Å². The molecule has 0 amide bonds. The van der Waals surface area contributed by atoms with E-state index in [2.05, 4.69) is 6.92 Å². The van der Waals surface area contributed by atoms with Crippen molar-refractivity contribution >= 4 is 0 Å². The summed E-state index contributed by atoms with van der Waals surface area (Å²) in [6.45, 7) is 2.30. The highest BCUT2D eigenvalue weighted by atomic mass is 16.5. The monoisotopic (exact) mass is 294 g/mol. The van der Waals surface area contributed by atoms with Crippen LogP contribution in [0.25, 0.3) is 0 Å². The van der Waals surface area contributed by atoms with Crippen LogP contribution < -0.4 is 0 Å². The van der Waals surface area contributed by atoms with E-state index in [1.807, 2.05) is 0 Å². The zero-order valence-electron chi connectivity index (χ0n) is 14.5. The molecule has 0 aromatic heterocycles. The summed E-state index contributed by atoms with van der Waals surface area (Å²) in [5.74, 6) is 0.889. The number of fused-ring (bicyclic) bond motifs is 1. The maximum Gasteiger partial charge on any atom is 0.0608 e. The Labute approximate surface area is 133 Å². The Morgan fingerprint density at radius 2 is 1.43 bits per heavy atom. The molecule has 1 nitrogen and oxygen atoms in total. The third-order valence-corrected chi connectivity index (χ3v) is 5.65. The first-order valence-corrected chi connectivity index (χ1v) is 10.1. The molecular formula is C20H38O. The molecule has 0 radical (unpaired) electrons. The summed E-state index contributed by atoms with van der Waals surface area (Å²) in [6, 6.07) is 0. The summed E-state index contributed by atoms with van der Waals surface area (Å²) in [6.07, 6.45) is 23.9. The molecule has 1 heteroatoms. The Balaban J connectivity index is 1.72. The normalized spacial score (nSPS) is 32.1. The van der Waals surface area contributed by atoms with Crippen molar-refractivity contribution in [1.29, 1.82) is 0 Å². The van der Waals surface area contributed by atoms with E-state index in [0.717, 1.165) is 5.92 Å². The minimum absolute atomic E-state index is 0.599.